The molecular weight excluding hydrogens is 448 g/mol. The molecule has 0 radical (unpaired) electrons. The summed E-state index contributed by atoms with van der Waals surface area (Å²) in [6.45, 7) is 7.50. The zero-order valence-electron chi connectivity index (χ0n) is 19.4. The van der Waals surface area contributed by atoms with Crippen molar-refractivity contribution >= 4 is 28.9 Å². The number of amides is 2. The number of nitrogens with one attached hydrogen (secondary N) is 2. The van der Waals surface area contributed by atoms with Gasteiger partial charge in [0.15, 0.2) is 6.23 Å². The van der Waals surface area contributed by atoms with E-state index in [0.29, 0.717) is 0 Å². The van der Waals surface area contributed by atoms with Crippen LogP contribution in [-0.2, 0) is 14.3 Å². The monoisotopic (exact) mass is 476 g/mol. The summed E-state index contributed by atoms with van der Waals surface area (Å²) in [7, 11) is 0. The number of aromatic nitrogens is 3. The Bertz CT molecular complexity index is 1130. The molecule has 5 N–H and O–H groups in total. The van der Waals surface area contributed by atoms with E-state index < -0.39 is 54.3 Å². The second-order valence-corrected chi connectivity index (χ2v) is 9.42. The molecule has 184 valence electrons. The normalized spacial score (nSPS) is 22.9. The van der Waals surface area contributed by atoms with E-state index in [1.165, 1.54) is 24.6 Å². The van der Waals surface area contributed by atoms with Crippen LogP contribution in [0.25, 0.3) is 11.0 Å². The van der Waals surface area contributed by atoms with E-state index in [9.17, 15) is 30.2 Å². The van der Waals surface area contributed by atoms with Gasteiger partial charge in [0.1, 0.15) is 53.3 Å². The van der Waals surface area contributed by atoms with Gasteiger partial charge in [-0.15, -0.1) is 0 Å². The third-order valence-corrected chi connectivity index (χ3v) is 5.13. The average Bonchev–Trinajstić information content (AvgIpc) is 3.24. The minimum absolute atomic E-state index is 0.00360. The van der Waals surface area contributed by atoms with Gasteiger partial charge in [-0.1, -0.05) is 0 Å². The number of rotatable bonds is 5. The van der Waals surface area contributed by atoms with Gasteiger partial charge < -0.3 is 40.0 Å². The van der Waals surface area contributed by atoms with Crippen molar-refractivity contribution in [2.45, 2.75) is 70.3 Å². The Balaban J connectivity index is 1.92. The van der Waals surface area contributed by atoms with E-state index in [1.54, 1.807) is 20.8 Å². The van der Waals surface area contributed by atoms with Crippen LogP contribution in [0.4, 0.5) is 10.6 Å². The highest BCUT2D eigenvalue weighted by Crippen LogP contribution is 2.35. The van der Waals surface area contributed by atoms with Crippen LogP contribution in [0.1, 0.15) is 46.4 Å². The number of hydrogen-bond donors (Lipinski definition) is 5. The van der Waals surface area contributed by atoms with E-state index in [0.717, 1.165) is 6.33 Å². The van der Waals surface area contributed by atoms with Gasteiger partial charge in [0, 0.05) is 6.20 Å². The smallest absolute Gasteiger partial charge is 0.408 e. The Morgan fingerprint density at radius 1 is 1.24 bits per heavy atom. The molecule has 1 fully saturated rings. The summed E-state index contributed by atoms with van der Waals surface area (Å²) in [6, 6.07) is 1.98. The number of aliphatic hydroxyl groups excluding tert-OH is 3. The van der Waals surface area contributed by atoms with Crippen molar-refractivity contribution in [3.8, 4) is 6.07 Å². The third kappa shape index (κ3) is 4.95. The summed E-state index contributed by atoms with van der Waals surface area (Å²) in [5.74, 6) is -0.640. The zero-order valence-corrected chi connectivity index (χ0v) is 19.4. The first-order chi connectivity index (χ1) is 15.8. The van der Waals surface area contributed by atoms with Crippen LogP contribution in [-0.4, -0.2) is 77.9 Å². The Labute approximate surface area is 195 Å². The quantitative estimate of drug-likeness (QED) is 0.397. The largest absolute Gasteiger partial charge is 0.444 e. The number of nitriles is 1. The van der Waals surface area contributed by atoms with E-state index in [2.05, 4.69) is 20.6 Å². The molecule has 2 amide bonds. The molecule has 2 aromatic rings. The summed E-state index contributed by atoms with van der Waals surface area (Å²) < 4.78 is 12.1. The number of carbonyl (C=O) groups excluding carboxylic acids is 2. The molecule has 3 rings (SSSR count). The number of nitrogens with zero attached hydrogens (tertiary/aromatic N) is 4. The lowest BCUT2D eigenvalue weighted by molar-refractivity contribution is -0.121. The van der Waals surface area contributed by atoms with Crippen LogP contribution in [0.3, 0.4) is 0 Å². The summed E-state index contributed by atoms with van der Waals surface area (Å²) in [5, 5.41) is 44.7. The van der Waals surface area contributed by atoms with E-state index >= 15 is 0 Å². The second-order valence-electron chi connectivity index (χ2n) is 9.42. The van der Waals surface area contributed by atoms with Gasteiger partial charge in [0.2, 0.25) is 0 Å². The van der Waals surface area contributed by atoms with Gasteiger partial charge in [0.05, 0.1) is 17.6 Å². The van der Waals surface area contributed by atoms with Gasteiger partial charge in [-0.05, 0) is 34.6 Å². The molecule has 13 heteroatoms. The third-order valence-electron chi connectivity index (χ3n) is 5.13. The summed E-state index contributed by atoms with van der Waals surface area (Å²) in [4.78, 5) is 33.3. The number of aliphatic hydroxyl groups is 3. The number of fused-ring (bicyclic) bond motifs is 1. The lowest BCUT2D eigenvalue weighted by Crippen LogP contribution is -2.53. The molecule has 0 aliphatic carbocycles. The molecule has 0 saturated carbocycles. The number of alkyl carbamates (subject to hydrolysis) is 1. The molecule has 0 aromatic carbocycles. The lowest BCUT2D eigenvalue weighted by atomic mass is 10.0. The zero-order chi connectivity index (χ0) is 25.4. The fraction of sp³-hybridized carbons (Fsp3) is 0.571. The minimum atomic E-state index is -1.40. The van der Waals surface area contributed by atoms with Gasteiger partial charge >= 0.3 is 6.09 Å². The van der Waals surface area contributed by atoms with Gasteiger partial charge in [0.25, 0.3) is 5.91 Å². The van der Waals surface area contributed by atoms with Crippen molar-refractivity contribution in [2.75, 3.05) is 11.9 Å². The number of anilines is 1. The molecule has 13 nitrogen and oxygen atoms in total. The molecule has 34 heavy (non-hydrogen) atoms. The maximum atomic E-state index is 13.0. The van der Waals surface area contributed by atoms with E-state index in [1.807, 2.05) is 6.07 Å². The molecular formula is C21H28N6O7. The fourth-order valence-electron chi connectivity index (χ4n) is 3.45. The van der Waals surface area contributed by atoms with Crippen molar-refractivity contribution in [3.05, 3.63) is 18.1 Å². The number of ether oxygens (including phenoxy) is 2. The Morgan fingerprint density at radius 3 is 2.47 bits per heavy atom. The van der Waals surface area contributed by atoms with Gasteiger partial charge in [-0.2, -0.15) is 5.26 Å². The minimum Gasteiger partial charge on any atom is -0.444 e. The van der Waals surface area contributed by atoms with Crippen molar-refractivity contribution < 1.29 is 34.4 Å². The predicted molar refractivity (Wildman–Crippen MR) is 117 cm³/mol. The van der Waals surface area contributed by atoms with Crippen molar-refractivity contribution in [2.24, 2.45) is 0 Å². The lowest BCUT2D eigenvalue weighted by Gasteiger charge is -2.27. The molecule has 2 aromatic heterocycles. The molecule has 0 bridgehead atoms. The van der Waals surface area contributed by atoms with Crippen LogP contribution in [0.5, 0.6) is 0 Å². The second kappa shape index (κ2) is 9.15. The van der Waals surface area contributed by atoms with Crippen molar-refractivity contribution in [3.63, 3.8) is 0 Å². The average molecular weight is 476 g/mol. The maximum Gasteiger partial charge on any atom is 0.408 e. The Kier molecular flexibility index (Phi) is 6.81. The molecule has 3 heterocycles. The first-order valence-corrected chi connectivity index (χ1v) is 10.5. The molecule has 0 spiro atoms. The molecule has 1 unspecified atom stereocenters. The maximum absolute atomic E-state index is 13.0. The molecule has 1 aliphatic heterocycles. The van der Waals surface area contributed by atoms with Crippen LogP contribution < -0.4 is 10.6 Å². The number of carbonyl (C=O) groups is 2. The molecule has 1 saturated heterocycles. The topological polar surface area (TPSA) is 192 Å². The number of hydrogen-bond acceptors (Lipinski definition) is 10. The van der Waals surface area contributed by atoms with Gasteiger partial charge in [-0.25, -0.2) is 14.8 Å². The first-order valence-electron chi connectivity index (χ1n) is 10.5. The van der Waals surface area contributed by atoms with Gasteiger partial charge in [-0.3, -0.25) is 4.79 Å². The van der Waals surface area contributed by atoms with Crippen LogP contribution in [0.2, 0.25) is 0 Å². The fourth-order valence-corrected chi connectivity index (χ4v) is 3.45. The highest BCUT2D eigenvalue weighted by atomic mass is 16.6. The summed E-state index contributed by atoms with van der Waals surface area (Å²) in [6.07, 6.45) is -3.20. The summed E-state index contributed by atoms with van der Waals surface area (Å²) in [5.41, 5.74) is -1.94. The van der Waals surface area contributed by atoms with Crippen LogP contribution >= 0.6 is 0 Å². The molecule has 4 atom stereocenters. The van der Waals surface area contributed by atoms with Crippen molar-refractivity contribution in [1.29, 1.82) is 5.26 Å². The van der Waals surface area contributed by atoms with E-state index in [4.69, 9.17) is 9.47 Å². The predicted octanol–water partition coefficient (Wildman–Crippen LogP) is 0.156. The van der Waals surface area contributed by atoms with Crippen LogP contribution in [0, 0.1) is 11.3 Å². The van der Waals surface area contributed by atoms with E-state index in [-0.39, 0.29) is 22.4 Å². The standard InChI is InChI=1S/C21H28N6O7/c1-20(2,3)34-19(32)26-21(4,5)18(31)25-15-12-10(6-22)7-27(16(12)24-9-23-15)17-14(30)13(29)11(8-28)33-17/h7,9,11,13-14,17,28-30H,8H2,1-5H3,(H,26,32)(H,23,24,25,31)/t11-,13?,14+,17-/m1/s1. The summed E-state index contributed by atoms with van der Waals surface area (Å²) >= 11 is 0. The molecule has 1 aliphatic rings. The highest BCUT2D eigenvalue weighted by molar-refractivity contribution is 6.05. The first kappa shape index (κ1) is 25.3. The Hall–Kier alpha value is -3.31. The van der Waals surface area contributed by atoms with Crippen molar-refractivity contribution in [1.82, 2.24) is 19.9 Å². The SMILES string of the molecule is CC(C)(C)OC(=O)NC(C)(C)C(=O)Nc1ncnc2c1c(C#N)cn2[C@@H]1O[C@H](CO)C(O)[C@@H]1O. The highest BCUT2D eigenvalue weighted by Gasteiger charge is 2.44. The Morgan fingerprint density at radius 2 is 1.91 bits per heavy atom. The van der Waals surface area contributed by atoms with Crippen LogP contribution in [0.15, 0.2) is 12.5 Å².